The predicted molar refractivity (Wildman–Crippen MR) is 63.9 cm³/mol. The molecule has 15 heavy (non-hydrogen) atoms. The largest absolute Gasteiger partial charge is 0.377 e. The van der Waals surface area contributed by atoms with Gasteiger partial charge in [0.25, 0.3) is 0 Å². The first-order valence-electron chi connectivity index (χ1n) is 5.51. The van der Waals surface area contributed by atoms with Gasteiger partial charge >= 0.3 is 0 Å². The molecule has 0 spiro atoms. The van der Waals surface area contributed by atoms with Crippen LogP contribution in [0.5, 0.6) is 0 Å². The Hall–Kier alpha value is -0.860. The van der Waals surface area contributed by atoms with E-state index >= 15 is 0 Å². The topological polar surface area (TPSA) is 35.2 Å². The van der Waals surface area contributed by atoms with Crippen LogP contribution in [0.1, 0.15) is 36.6 Å². The normalized spacial score (nSPS) is 15.0. The van der Waals surface area contributed by atoms with Crippen molar-refractivity contribution in [3.8, 4) is 0 Å². The van der Waals surface area contributed by atoms with Gasteiger partial charge in [0.05, 0.1) is 12.1 Å². The van der Waals surface area contributed by atoms with Crippen molar-refractivity contribution in [1.29, 1.82) is 0 Å². The molecule has 2 unspecified atom stereocenters. The maximum absolute atomic E-state index is 6.17. The lowest BCUT2D eigenvalue weighted by Crippen LogP contribution is -2.27. The number of benzene rings is 1. The van der Waals surface area contributed by atoms with Gasteiger partial charge in [-0.05, 0) is 44.4 Å². The monoisotopic (exact) mass is 207 g/mol. The minimum atomic E-state index is -0.0372. The SMILES string of the molecule is CCOC(C)C(N)c1cccc(C)c1C. The summed E-state index contributed by atoms with van der Waals surface area (Å²) in [6, 6.07) is 6.21. The number of ether oxygens (including phenoxy) is 1. The average molecular weight is 207 g/mol. The van der Waals surface area contributed by atoms with Crippen LogP contribution in [-0.2, 0) is 4.74 Å². The minimum absolute atomic E-state index is 0.0372. The number of hydrogen-bond acceptors (Lipinski definition) is 2. The molecule has 2 nitrogen and oxygen atoms in total. The summed E-state index contributed by atoms with van der Waals surface area (Å²) >= 11 is 0. The van der Waals surface area contributed by atoms with E-state index in [0.717, 1.165) is 0 Å². The third kappa shape index (κ3) is 2.80. The molecule has 1 rings (SSSR count). The third-order valence-electron chi connectivity index (χ3n) is 2.94. The Morgan fingerprint density at radius 1 is 1.33 bits per heavy atom. The zero-order valence-electron chi connectivity index (χ0n) is 10.1. The van der Waals surface area contributed by atoms with Crippen molar-refractivity contribution in [3.63, 3.8) is 0 Å². The highest BCUT2D eigenvalue weighted by Crippen LogP contribution is 2.22. The number of aryl methyl sites for hydroxylation is 1. The summed E-state index contributed by atoms with van der Waals surface area (Å²) in [6.45, 7) is 8.95. The van der Waals surface area contributed by atoms with Gasteiger partial charge in [-0.15, -0.1) is 0 Å². The van der Waals surface area contributed by atoms with Crippen LogP contribution < -0.4 is 5.73 Å². The summed E-state index contributed by atoms with van der Waals surface area (Å²) in [5, 5.41) is 0. The van der Waals surface area contributed by atoms with Gasteiger partial charge < -0.3 is 10.5 Å². The lowest BCUT2D eigenvalue weighted by Gasteiger charge is -2.22. The summed E-state index contributed by atoms with van der Waals surface area (Å²) in [7, 11) is 0. The van der Waals surface area contributed by atoms with Gasteiger partial charge in [-0.3, -0.25) is 0 Å². The number of nitrogens with two attached hydrogens (primary N) is 1. The molecular weight excluding hydrogens is 186 g/mol. The molecule has 0 aliphatic heterocycles. The van der Waals surface area contributed by atoms with Crippen LogP contribution >= 0.6 is 0 Å². The lowest BCUT2D eigenvalue weighted by atomic mass is 9.95. The highest BCUT2D eigenvalue weighted by Gasteiger charge is 2.17. The summed E-state index contributed by atoms with van der Waals surface area (Å²) < 4.78 is 5.53. The number of rotatable bonds is 4. The van der Waals surface area contributed by atoms with E-state index < -0.39 is 0 Å². The first-order chi connectivity index (χ1) is 7.07. The second-order valence-electron chi connectivity index (χ2n) is 3.98. The first kappa shape index (κ1) is 12.2. The van der Waals surface area contributed by atoms with Gasteiger partial charge in [0.1, 0.15) is 0 Å². The van der Waals surface area contributed by atoms with Crippen molar-refractivity contribution >= 4 is 0 Å². The maximum Gasteiger partial charge on any atom is 0.0739 e. The summed E-state index contributed by atoms with van der Waals surface area (Å²) in [4.78, 5) is 0. The Labute approximate surface area is 92.4 Å². The van der Waals surface area contributed by atoms with Gasteiger partial charge in [0.2, 0.25) is 0 Å². The standard InChI is InChI=1S/C13H21NO/c1-5-15-11(4)13(14)12-8-6-7-9(2)10(12)3/h6-8,11,13H,5,14H2,1-4H3. The Balaban J connectivity index is 2.90. The fourth-order valence-electron chi connectivity index (χ4n) is 1.75. The second kappa shape index (κ2) is 5.29. The van der Waals surface area contributed by atoms with E-state index in [1.807, 2.05) is 13.8 Å². The van der Waals surface area contributed by atoms with E-state index in [2.05, 4.69) is 32.0 Å². The first-order valence-corrected chi connectivity index (χ1v) is 5.51. The predicted octanol–water partition coefficient (Wildman–Crippen LogP) is 2.73. The van der Waals surface area contributed by atoms with Crippen LogP contribution in [-0.4, -0.2) is 12.7 Å². The molecule has 1 aromatic carbocycles. The third-order valence-corrected chi connectivity index (χ3v) is 2.94. The van der Waals surface area contributed by atoms with Gasteiger partial charge in [0.15, 0.2) is 0 Å². The van der Waals surface area contributed by atoms with Crippen LogP contribution in [0.15, 0.2) is 18.2 Å². The molecule has 0 fully saturated rings. The molecule has 84 valence electrons. The van der Waals surface area contributed by atoms with Crippen molar-refractivity contribution in [2.45, 2.75) is 39.8 Å². The lowest BCUT2D eigenvalue weighted by molar-refractivity contribution is 0.0573. The highest BCUT2D eigenvalue weighted by atomic mass is 16.5. The van der Waals surface area contributed by atoms with Crippen LogP contribution in [0.25, 0.3) is 0 Å². The maximum atomic E-state index is 6.17. The van der Waals surface area contributed by atoms with Crippen LogP contribution in [0.3, 0.4) is 0 Å². The van der Waals surface area contributed by atoms with Gasteiger partial charge in [-0.1, -0.05) is 18.2 Å². The molecule has 0 saturated carbocycles. The average Bonchev–Trinajstić information content (AvgIpc) is 2.21. The van der Waals surface area contributed by atoms with Crippen molar-refractivity contribution < 1.29 is 4.74 Å². The van der Waals surface area contributed by atoms with Crippen molar-refractivity contribution in [3.05, 3.63) is 34.9 Å². The fourth-order valence-corrected chi connectivity index (χ4v) is 1.75. The quantitative estimate of drug-likeness (QED) is 0.824. The van der Waals surface area contributed by atoms with Crippen molar-refractivity contribution in [2.24, 2.45) is 5.73 Å². The molecule has 1 aromatic rings. The van der Waals surface area contributed by atoms with Crippen LogP contribution in [0.4, 0.5) is 0 Å². The molecule has 0 aliphatic carbocycles. The van der Waals surface area contributed by atoms with E-state index in [4.69, 9.17) is 10.5 Å². The second-order valence-corrected chi connectivity index (χ2v) is 3.98. The highest BCUT2D eigenvalue weighted by molar-refractivity contribution is 5.35. The molecule has 2 heteroatoms. The van der Waals surface area contributed by atoms with Crippen molar-refractivity contribution in [1.82, 2.24) is 0 Å². The minimum Gasteiger partial charge on any atom is -0.377 e. The Bertz CT molecular complexity index is 322. The molecule has 0 bridgehead atoms. The van der Waals surface area contributed by atoms with E-state index in [1.165, 1.54) is 16.7 Å². The molecule has 0 aromatic heterocycles. The van der Waals surface area contributed by atoms with Gasteiger partial charge in [-0.2, -0.15) is 0 Å². The van der Waals surface area contributed by atoms with Crippen LogP contribution in [0.2, 0.25) is 0 Å². The Morgan fingerprint density at radius 3 is 2.60 bits per heavy atom. The van der Waals surface area contributed by atoms with E-state index in [9.17, 15) is 0 Å². The van der Waals surface area contributed by atoms with E-state index in [1.54, 1.807) is 0 Å². The summed E-state index contributed by atoms with van der Waals surface area (Å²) in [5.74, 6) is 0. The molecule has 0 aliphatic rings. The van der Waals surface area contributed by atoms with Crippen molar-refractivity contribution in [2.75, 3.05) is 6.61 Å². The summed E-state index contributed by atoms with van der Waals surface area (Å²) in [6.07, 6.45) is 0.0653. The molecule has 0 heterocycles. The van der Waals surface area contributed by atoms with Crippen LogP contribution in [0, 0.1) is 13.8 Å². The summed E-state index contributed by atoms with van der Waals surface area (Å²) in [5.41, 5.74) is 9.92. The van der Waals surface area contributed by atoms with E-state index in [0.29, 0.717) is 6.61 Å². The van der Waals surface area contributed by atoms with Gasteiger partial charge in [-0.25, -0.2) is 0 Å². The molecule has 0 radical (unpaired) electrons. The Morgan fingerprint density at radius 2 is 2.00 bits per heavy atom. The molecule has 0 saturated heterocycles. The fraction of sp³-hybridized carbons (Fsp3) is 0.538. The smallest absolute Gasteiger partial charge is 0.0739 e. The molecule has 2 atom stereocenters. The number of hydrogen-bond donors (Lipinski definition) is 1. The van der Waals surface area contributed by atoms with E-state index in [-0.39, 0.29) is 12.1 Å². The zero-order valence-corrected chi connectivity index (χ0v) is 10.1. The molecule has 2 N–H and O–H groups in total. The zero-order chi connectivity index (χ0) is 11.4. The molecule has 0 amide bonds. The Kier molecular flexibility index (Phi) is 4.30. The van der Waals surface area contributed by atoms with Gasteiger partial charge in [0, 0.05) is 6.61 Å². The molecular formula is C13H21NO.